The molecule has 154 valence electrons. The topological polar surface area (TPSA) is 91.5 Å². The standard InChI is InChI=1S/C24H18N2O5/c1-29-23(27)19-9-7-16(8-10-19)15-30-24(28)20-13-11-18(12-14-20)22-26-25-21(31-22)17-5-3-2-4-6-17/h2-14H,15H2,1H3. The number of hydrogen-bond acceptors (Lipinski definition) is 7. The molecule has 7 heteroatoms. The van der Waals surface area contributed by atoms with Gasteiger partial charge >= 0.3 is 11.9 Å². The molecule has 0 radical (unpaired) electrons. The summed E-state index contributed by atoms with van der Waals surface area (Å²) in [5.41, 5.74) is 3.13. The molecule has 7 nitrogen and oxygen atoms in total. The van der Waals surface area contributed by atoms with Gasteiger partial charge in [-0.25, -0.2) is 9.59 Å². The van der Waals surface area contributed by atoms with E-state index in [1.807, 2.05) is 30.3 Å². The van der Waals surface area contributed by atoms with Crippen molar-refractivity contribution < 1.29 is 23.5 Å². The lowest BCUT2D eigenvalue weighted by Crippen LogP contribution is -2.06. The van der Waals surface area contributed by atoms with Crippen molar-refractivity contribution in [1.29, 1.82) is 0 Å². The van der Waals surface area contributed by atoms with Crippen molar-refractivity contribution >= 4 is 11.9 Å². The average molecular weight is 414 g/mol. The van der Waals surface area contributed by atoms with E-state index in [0.29, 0.717) is 28.5 Å². The highest BCUT2D eigenvalue weighted by molar-refractivity contribution is 5.90. The van der Waals surface area contributed by atoms with Crippen LogP contribution in [0.5, 0.6) is 0 Å². The van der Waals surface area contributed by atoms with E-state index in [2.05, 4.69) is 14.9 Å². The van der Waals surface area contributed by atoms with Crippen molar-refractivity contribution in [3.05, 3.63) is 95.6 Å². The van der Waals surface area contributed by atoms with E-state index in [9.17, 15) is 9.59 Å². The number of esters is 2. The molecule has 0 spiro atoms. The summed E-state index contributed by atoms with van der Waals surface area (Å²) in [6, 6.07) is 22.9. The highest BCUT2D eigenvalue weighted by atomic mass is 16.5. The zero-order valence-corrected chi connectivity index (χ0v) is 16.6. The Kier molecular flexibility index (Phi) is 5.84. The molecule has 0 saturated heterocycles. The van der Waals surface area contributed by atoms with E-state index >= 15 is 0 Å². The monoisotopic (exact) mass is 414 g/mol. The van der Waals surface area contributed by atoms with Gasteiger partial charge in [0.25, 0.3) is 0 Å². The fourth-order valence-corrected chi connectivity index (χ4v) is 2.87. The quantitative estimate of drug-likeness (QED) is 0.428. The maximum Gasteiger partial charge on any atom is 0.338 e. The van der Waals surface area contributed by atoms with Crippen LogP contribution in [-0.2, 0) is 16.1 Å². The number of carbonyl (C=O) groups is 2. The Hall–Kier alpha value is -4.26. The first-order valence-electron chi connectivity index (χ1n) is 9.48. The predicted octanol–water partition coefficient (Wildman–Crippen LogP) is 4.55. The van der Waals surface area contributed by atoms with Gasteiger partial charge < -0.3 is 13.9 Å². The Morgan fingerprint density at radius 3 is 1.90 bits per heavy atom. The van der Waals surface area contributed by atoms with Gasteiger partial charge in [0.15, 0.2) is 0 Å². The molecule has 3 aromatic carbocycles. The van der Waals surface area contributed by atoms with Gasteiger partial charge in [-0.1, -0.05) is 30.3 Å². The van der Waals surface area contributed by atoms with Crippen molar-refractivity contribution in [2.75, 3.05) is 7.11 Å². The lowest BCUT2D eigenvalue weighted by atomic mass is 10.1. The van der Waals surface area contributed by atoms with Gasteiger partial charge in [-0.3, -0.25) is 0 Å². The highest BCUT2D eigenvalue weighted by Crippen LogP contribution is 2.24. The Morgan fingerprint density at radius 1 is 0.742 bits per heavy atom. The van der Waals surface area contributed by atoms with E-state index < -0.39 is 11.9 Å². The van der Waals surface area contributed by atoms with E-state index in [-0.39, 0.29) is 6.61 Å². The first-order chi connectivity index (χ1) is 15.1. The van der Waals surface area contributed by atoms with Crippen molar-refractivity contribution in [3.63, 3.8) is 0 Å². The number of rotatable bonds is 6. The van der Waals surface area contributed by atoms with Crippen LogP contribution in [-0.4, -0.2) is 29.2 Å². The van der Waals surface area contributed by atoms with E-state index in [0.717, 1.165) is 11.1 Å². The molecule has 0 fully saturated rings. The Balaban J connectivity index is 1.38. The molecular formula is C24H18N2O5. The largest absolute Gasteiger partial charge is 0.465 e. The summed E-state index contributed by atoms with van der Waals surface area (Å²) in [7, 11) is 1.32. The number of ether oxygens (including phenoxy) is 2. The minimum atomic E-state index is -0.459. The number of hydrogen-bond donors (Lipinski definition) is 0. The molecule has 4 aromatic rings. The normalized spacial score (nSPS) is 10.5. The van der Waals surface area contributed by atoms with E-state index in [1.54, 1.807) is 48.5 Å². The number of carbonyl (C=O) groups excluding carboxylic acids is 2. The first-order valence-corrected chi connectivity index (χ1v) is 9.48. The second kappa shape index (κ2) is 9.04. The van der Waals surface area contributed by atoms with E-state index in [1.165, 1.54) is 7.11 Å². The van der Waals surface area contributed by atoms with Crippen molar-refractivity contribution in [1.82, 2.24) is 10.2 Å². The fraction of sp³-hybridized carbons (Fsp3) is 0.0833. The summed E-state index contributed by atoms with van der Waals surface area (Å²) in [4.78, 5) is 23.8. The SMILES string of the molecule is COC(=O)c1ccc(COC(=O)c2ccc(-c3nnc(-c4ccccc4)o3)cc2)cc1. The summed E-state index contributed by atoms with van der Waals surface area (Å²) >= 11 is 0. The Labute approximate surface area is 178 Å². The summed E-state index contributed by atoms with van der Waals surface area (Å²) in [5, 5.41) is 8.14. The second-order valence-corrected chi connectivity index (χ2v) is 6.62. The van der Waals surface area contributed by atoms with Gasteiger partial charge in [-0.05, 0) is 54.1 Å². The molecule has 0 atom stereocenters. The molecule has 0 aliphatic carbocycles. The highest BCUT2D eigenvalue weighted by Gasteiger charge is 2.13. The summed E-state index contributed by atoms with van der Waals surface area (Å²) in [5.74, 6) is -0.0818. The van der Waals surface area contributed by atoms with Crippen LogP contribution in [0.4, 0.5) is 0 Å². The average Bonchev–Trinajstić information content (AvgIpc) is 3.33. The molecular weight excluding hydrogens is 396 g/mol. The summed E-state index contributed by atoms with van der Waals surface area (Å²) < 4.78 is 15.7. The number of aromatic nitrogens is 2. The van der Waals surface area contributed by atoms with Crippen LogP contribution in [0, 0.1) is 0 Å². The van der Waals surface area contributed by atoms with E-state index in [4.69, 9.17) is 9.15 Å². The smallest absolute Gasteiger partial charge is 0.338 e. The lowest BCUT2D eigenvalue weighted by molar-refractivity contribution is 0.0471. The number of methoxy groups -OCH3 is 1. The van der Waals surface area contributed by atoms with Gasteiger partial charge in [0.05, 0.1) is 18.2 Å². The lowest BCUT2D eigenvalue weighted by Gasteiger charge is -2.06. The molecule has 0 unspecified atom stereocenters. The number of benzene rings is 3. The third-order valence-corrected chi connectivity index (χ3v) is 4.56. The fourth-order valence-electron chi connectivity index (χ4n) is 2.87. The maximum atomic E-state index is 12.3. The Morgan fingerprint density at radius 2 is 1.29 bits per heavy atom. The minimum Gasteiger partial charge on any atom is -0.465 e. The molecule has 1 heterocycles. The molecule has 1 aromatic heterocycles. The molecule has 0 saturated carbocycles. The third-order valence-electron chi connectivity index (χ3n) is 4.56. The third kappa shape index (κ3) is 4.67. The molecule has 0 bridgehead atoms. The first kappa shape index (κ1) is 20.0. The molecule has 0 amide bonds. The van der Waals surface area contributed by atoms with Crippen molar-refractivity contribution in [2.24, 2.45) is 0 Å². The Bertz CT molecular complexity index is 1180. The van der Waals surface area contributed by atoms with Gasteiger partial charge in [-0.2, -0.15) is 0 Å². The van der Waals surface area contributed by atoms with Crippen molar-refractivity contribution in [3.8, 4) is 22.9 Å². The maximum absolute atomic E-state index is 12.3. The van der Waals surface area contributed by atoms with Crippen LogP contribution in [0.15, 0.2) is 83.3 Å². The van der Waals surface area contributed by atoms with Crippen LogP contribution in [0.25, 0.3) is 22.9 Å². The van der Waals surface area contributed by atoms with Crippen LogP contribution < -0.4 is 0 Å². The number of nitrogens with zero attached hydrogens (tertiary/aromatic N) is 2. The zero-order valence-electron chi connectivity index (χ0n) is 16.6. The molecule has 0 N–H and O–H groups in total. The van der Waals surface area contributed by atoms with Crippen molar-refractivity contribution in [2.45, 2.75) is 6.61 Å². The van der Waals surface area contributed by atoms with Crippen LogP contribution in [0.2, 0.25) is 0 Å². The zero-order chi connectivity index (χ0) is 21.6. The molecule has 31 heavy (non-hydrogen) atoms. The second-order valence-electron chi connectivity index (χ2n) is 6.62. The van der Waals surface area contributed by atoms with Gasteiger partial charge in [0, 0.05) is 11.1 Å². The molecule has 4 rings (SSSR count). The molecule has 0 aliphatic heterocycles. The molecule has 0 aliphatic rings. The van der Waals surface area contributed by atoms with Crippen LogP contribution in [0.1, 0.15) is 26.3 Å². The van der Waals surface area contributed by atoms with Gasteiger partial charge in [0.1, 0.15) is 6.61 Å². The van der Waals surface area contributed by atoms with Gasteiger partial charge in [0.2, 0.25) is 11.8 Å². The minimum absolute atomic E-state index is 0.0894. The summed E-state index contributed by atoms with van der Waals surface area (Å²) in [6.07, 6.45) is 0. The predicted molar refractivity (Wildman–Crippen MR) is 112 cm³/mol. The summed E-state index contributed by atoms with van der Waals surface area (Å²) in [6.45, 7) is 0.0894. The van der Waals surface area contributed by atoms with Crippen LogP contribution >= 0.6 is 0 Å². The van der Waals surface area contributed by atoms with Crippen LogP contribution in [0.3, 0.4) is 0 Å². The van der Waals surface area contributed by atoms with Gasteiger partial charge in [-0.15, -0.1) is 10.2 Å².